The minimum Gasteiger partial charge on any atom is -0.469 e. The minimum absolute atomic E-state index is 0. The number of rotatable bonds is 3. The number of guanidine groups is 1. The number of aliphatic imine (C=N–C) groups is 1. The van der Waals surface area contributed by atoms with Crippen LogP contribution in [0.4, 0.5) is 0 Å². The van der Waals surface area contributed by atoms with E-state index >= 15 is 0 Å². The number of methoxy groups -OCH3 is 1. The lowest BCUT2D eigenvalue weighted by Gasteiger charge is -2.35. The summed E-state index contributed by atoms with van der Waals surface area (Å²) in [7, 11) is 3.32. The zero-order valence-electron chi connectivity index (χ0n) is 14.7. The Bertz CT molecular complexity index is 395. The monoisotopic (exact) mass is 437 g/mol. The standard InChI is InChI=1S/C17H31N3O2.HI/c1-13-6-4-5-7-15(13)12-19-17(18-2)20-10-8-14(9-11-20)16(21)22-3;/h13-15H,4-12H2,1-3H3,(H,18,19);1H. The maximum Gasteiger partial charge on any atom is 0.308 e. The van der Waals surface area contributed by atoms with E-state index in [2.05, 4.69) is 22.1 Å². The molecule has 0 aromatic rings. The van der Waals surface area contributed by atoms with E-state index in [4.69, 9.17) is 4.74 Å². The normalized spacial score (nSPS) is 26.4. The Morgan fingerprint density at radius 1 is 1.22 bits per heavy atom. The van der Waals surface area contributed by atoms with Gasteiger partial charge in [-0.3, -0.25) is 9.79 Å². The minimum atomic E-state index is -0.0707. The number of ether oxygens (including phenoxy) is 1. The zero-order chi connectivity index (χ0) is 15.9. The number of esters is 1. The second kappa shape index (κ2) is 10.4. The molecule has 23 heavy (non-hydrogen) atoms. The number of carbonyl (C=O) groups is 1. The first-order valence-corrected chi connectivity index (χ1v) is 8.69. The number of hydrogen-bond acceptors (Lipinski definition) is 3. The molecule has 6 heteroatoms. The summed E-state index contributed by atoms with van der Waals surface area (Å²) >= 11 is 0. The van der Waals surface area contributed by atoms with Gasteiger partial charge in [0.05, 0.1) is 13.0 Å². The van der Waals surface area contributed by atoms with Gasteiger partial charge in [-0.15, -0.1) is 24.0 Å². The number of carbonyl (C=O) groups excluding carboxylic acids is 1. The largest absolute Gasteiger partial charge is 0.469 e. The molecule has 1 aliphatic carbocycles. The van der Waals surface area contributed by atoms with E-state index in [0.717, 1.165) is 50.3 Å². The molecule has 2 aliphatic rings. The van der Waals surface area contributed by atoms with Crippen molar-refractivity contribution in [1.82, 2.24) is 10.2 Å². The first-order valence-electron chi connectivity index (χ1n) is 8.69. The van der Waals surface area contributed by atoms with Gasteiger partial charge in [-0.25, -0.2) is 0 Å². The Morgan fingerprint density at radius 3 is 2.43 bits per heavy atom. The molecule has 1 saturated carbocycles. The van der Waals surface area contributed by atoms with Crippen molar-refractivity contribution < 1.29 is 9.53 Å². The smallest absolute Gasteiger partial charge is 0.308 e. The molecule has 2 atom stereocenters. The second-order valence-corrected chi connectivity index (χ2v) is 6.73. The van der Waals surface area contributed by atoms with Crippen molar-refractivity contribution in [2.75, 3.05) is 33.8 Å². The Hall–Kier alpha value is -0.530. The number of nitrogens with one attached hydrogen (secondary N) is 1. The van der Waals surface area contributed by atoms with E-state index in [9.17, 15) is 4.79 Å². The second-order valence-electron chi connectivity index (χ2n) is 6.73. The molecule has 0 aromatic carbocycles. The van der Waals surface area contributed by atoms with Crippen molar-refractivity contribution in [1.29, 1.82) is 0 Å². The molecule has 0 spiro atoms. The lowest BCUT2D eigenvalue weighted by molar-refractivity contribution is -0.146. The van der Waals surface area contributed by atoms with Crippen LogP contribution in [0.1, 0.15) is 45.4 Å². The molecule has 2 fully saturated rings. The number of piperidine rings is 1. The van der Waals surface area contributed by atoms with Gasteiger partial charge in [-0.05, 0) is 31.1 Å². The first-order chi connectivity index (χ1) is 10.7. The molecule has 1 heterocycles. The Balaban J connectivity index is 0.00000264. The Morgan fingerprint density at radius 2 is 1.87 bits per heavy atom. The lowest BCUT2D eigenvalue weighted by atomic mass is 9.80. The predicted molar refractivity (Wildman–Crippen MR) is 104 cm³/mol. The van der Waals surface area contributed by atoms with Crippen molar-refractivity contribution in [2.45, 2.75) is 45.4 Å². The molecule has 1 N–H and O–H groups in total. The summed E-state index contributed by atoms with van der Waals surface area (Å²) in [6.07, 6.45) is 7.14. The van der Waals surface area contributed by atoms with Crippen molar-refractivity contribution in [3.63, 3.8) is 0 Å². The van der Waals surface area contributed by atoms with Crippen molar-refractivity contribution >= 4 is 35.9 Å². The third-order valence-corrected chi connectivity index (χ3v) is 5.35. The van der Waals surface area contributed by atoms with Crippen LogP contribution >= 0.6 is 24.0 Å². The SMILES string of the molecule is CN=C(NCC1CCCCC1C)N1CCC(C(=O)OC)CC1.I. The molecule has 1 saturated heterocycles. The van der Waals surface area contributed by atoms with Crippen LogP contribution in [0.3, 0.4) is 0 Å². The van der Waals surface area contributed by atoms with Gasteiger partial charge in [0.25, 0.3) is 0 Å². The first kappa shape index (κ1) is 20.5. The van der Waals surface area contributed by atoms with Crippen LogP contribution in [0.15, 0.2) is 4.99 Å². The average Bonchev–Trinajstić information content (AvgIpc) is 2.56. The predicted octanol–water partition coefficient (Wildman–Crippen LogP) is 2.89. The highest BCUT2D eigenvalue weighted by Crippen LogP contribution is 2.29. The summed E-state index contributed by atoms with van der Waals surface area (Å²) in [5.74, 6) is 2.54. The summed E-state index contributed by atoms with van der Waals surface area (Å²) in [5.41, 5.74) is 0. The van der Waals surface area contributed by atoms with Crippen LogP contribution in [0.25, 0.3) is 0 Å². The van der Waals surface area contributed by atoms with Gasteiger partial charge in [-0.2, -0.15) is 0 Å². The van der Waals surface area contributed by atoms with Crippen LogP contribution in [-0.4, -0.2) is 50.6 Å². The molecule has 0 aromatic heterocycles. The molecule has 0 radical (unpaired) electrons. The topological polar surface area (TPSA) is 53.9 Å². The summed E-state index contributed by atoms with van der Waals surface area (Å²) in [6.45, 7) is 5.14. The summed E-state index contributed by atoms with van der Waals surface area (Å²) in [5, 5.41) is 3.56. The highest BCUT2D eigenvalue weighted by atomic mass is 127. The third-order valence-electron chi connectivity index (χ3n) is 5.35. The molecule has 2 rings (SSSR count). The zero-order valence-corrected chi connectivity index (χ0v) is 17.0. The van der Waals surface area contributed by atoms with E-state index in [1.807, 2.05) is 7.05 Å². The Labute approximate surface area is 157 Å². The highest BCUT2D eigenvalue weighted by molar-refractivity contribution is 14.0. The van der Waals surface area contributed by atoms with Crippen LogP contribution in [0.5, 0.6) is 0 Å². The summed E-state index contributed by atoms with van der Waals surface area (Å²) < 4.78 is 4.85. The van der Waals surface area contributed by atoms with E-state index in [1.54, 1.807) is 0 Å². The molecule has 2 unspecified atom stereocenters. The molecule has 0 amide bonds. The molecule has 0 bridgehead atoms. The maximum atomic E-state index is 11.6. The van der Waals surface area contributed by atoms with Crippen molar-refractivity contribution in [3.05, 3.63) is 0 Å². The van der Waals surface area contributed by atoms with Crippen LogP contribution in [-0.2, 0) is 9.53 Å². The van der Waals surface area contributed by atoms with Gasteiger partial charge in [0.1, 0.15) is 0 Å². The molecular weight excluding hydrogens is 405 g/mol. The number of likely N-dealkylation sites (tertiary alicyclic amines) is 1. The van der Waals surface area contributed by atoms with Gasteiger partial charge in [-0.1, -0.05) is 26.2 Å². The van der Waals surface area contributed by atoms with Crippen LogP contribution in [0.2, 0.25) is 0 Å². The fourth-order valence-corrected chi connectivity index (χ4v) is 3.74. The van der Waals surface area contributed by atoms with Gasteiger partial charge in [0, 0.05) is 26.7 Å². The molecule has 134 valence electrons. The number of nitrogens with zero attached hydrogens (tertiary/aromatic N) is 2. The van der Waals surface area contributed by atoms with E-state index < -0.39 is 0 Å². The summed E-state index contributed by atoms with van der Waals surface area (Å²) in [4.78, 5) is 18.3. The Kier molecular flexibility index (Phi) is 9.24. The number of halogens is 1. The summed E-state index contributed by atoms with van der Waals surface area (Å²) in [6, 6.07) is 0. The van der Waals surface area contributed by atoms with E-state index in [-0.39, 0.29) is 35.9 Å². The van der Waals surface area contributed by atoms with Crippen LogP contribution < -0.4 is 5.32 Å². The fourth-order valence-electron chi connectivity index (χ4n) is 3.74. The molecular formula is C17H32IN3O2. The quantitative estimate of drug-likeness (QED) is 0.319. The van der Waals surface area contributed by atoms with E-state index in [1.165, 1.54) is 32.8 Å². The average molecular weight is 437 g/mol. The van der Waals surface area contributed by atoms with E-state index in [0.29, 0.717) is 0 Å². The highest BCUT2D eigenvalue weighted by Gasteiger charge is 2.27. The van der Waals surface area contributed by atoms with Gasteiger partial charge >= 0.3 is 5.97 Å². The van der Waals surface area contributed by atoms with Crippen molar-refractivity contribution in [3.8, 4) is 0 Å². The van der Waals surface area contributed by atoms with Gasteiger partial charge in [0.2, 0.25) is 0 Å². The molecule has 1 aliphatic heterocycles. The third kappa shape index (κ3) is 5.80. The van der Waals surface area contributed by atoms with Crippen LogP contribution in [0, 0.1) is 17.8 Å². The maximum absolute atomic E-state index is 11.6. The molecule has 5 nitrogen and oxygen atoms in total. The lowest BCUT2D eigenvalue weighted by Crippen LogP contribution is -2.48. The number of hydrogen-bond donors (Lipinski definition) is 1. The van der Waals surface area contributed by atoms with Gasteiger partial charge in [0.15, 0.2) is 5.96 Å². The van der Waals surface area contributed by atoms with Gasteiger partial charge < -0.3 is 15.0 Å². The fraction of sp³-hybridized carbons (Fsp3) is 0.882. The van der Waals surface area contributed by atoms with Crippen molar-refractivity contribution in [2.24, 2.45) is 22.7 Å².